The molecule has 0 heterocycles. The number of carbonyl (C=O) groups excluding carboxylic acids is 1. The first-order chi connectivity index (χ1) is 5.81. The summed E-state index contributed by atoms with van der Waals surface area (Å²) in [6.45, 7) is 3.88. The molecule has 0 N–H and O–H groups in total. The lowest BCUT2D eigenvalue weighted by Crippen LogP contribution is -2.11. The maximum atomic E-state index is 11.7. The van der Waals surface area contributed by atoms with E-state index in [2.05, 4.69) is 0 Å². The molecule has 0 bridgehead atoms. The second-order valence-corrected chi connectivity index (χ2v) is 3.59. The molecular formula is C9H15F3O. The zero-order valence-electron chi connectivity index (χ0n) is 7.95. The Morgan fingerprint density at radius 3 is 2.15 bits per heavy atom. The van der Waals surface area contributed by atoms with Gasteiger partial charge in [-0.25, -0.2) is 0 Å². The summed E-state index contributed by atoms with van der Waals surface area (Å²) in [6, 6.07) is 0. The first-order valence-corrected chi connectivity index (χ1v) is 4.39. The van der Waals surface area contributed by atoms with Gasteiger partial charge >= 0.3 is 6.18 Å². The van der Waals surface area contributed by atoms with Crippen LogP contribution in [0, 0.1) is 5.92 Å². The van der Waals surface area contributed by atoms with Crippen molar-refractivity contribution in [2.75, 3.05) is 0 Å². The van der Waals surface area contributed by atoms with Crippen LogP contribution in [0.5, 0.6) is 0 Å². The maximum Gasteiger partial charge on any atom is 0.389 e. The van der Waals surface area contributed by atoms with Gasteiger partial charge in [-0.2, -0.15) is 13.2 Å². The Labute approximate surface area is 76.3 Å². The Morgan fingerprint density at radius 1 is 1.23 bits per heavy atom. The molecule has 0 atom stereocenters. The highest BCUT2D eigenvalue weighted by Gasteiger charge is 2.27. The molecule has 4 heteroatoms. The molecule has 0 aliphatic heterocycles. The van der Waals surface area contributed by atoms with Gasteiger partial charge in [0.25, 0.3) is 0 Å². The quantitative estimate of drug-likeness (QED) is 0.659. The fourth-order valence-electron chi connectivity index (χ4n) is 0.856. The van der Waals surface area contributed by atoms with Crippen LogP contribution in [-0.4, -0.2) is 12.0 Å². The van der Waals surface area contributed by atoms with Crippen molar-refractivity contribution < 1.29 is 18.0 Å². The molecule has 0 unspecified atom stereocenters. The minimum Gasteiger partial charge on any atom is -0.300 e. The SMILES string of the molecule is CC(C)CCC(=O)CCC(F)(F)F. The Kier molecular flexibility index (Phi) is 5.03. The van der Waals surface area contributed by atoms with Crippen molar-refractivity contribution in [1.82, 2.24) is 0 Å². The van der Waals surface area contributed by atoms with Crippen molar-refractivity contribution in [3.8, 4) is 0 Å². The summed E-state index contributed by atoms with van der Waals surface area (Å²) in [7, 11) is 0. The number of halogens is 3. The third kappa shape index (κ3) is 9.37. The van der Waals surface area contributed by atoms with Crippen LogP contribution in [0.4, 0.5) is 13.2 Å². The third-order valence-corrected chi connectivity index (χ3v) is 1.69. The number of hydrogen-bond acceptors (Lipinski definition) is 1. The van der Waals surface area contributed by atoms with Crippen LogP contribution >= 0.6 is 0 Å². The van der Waals surface area contributed by atoms with Gasteiger partial charge in [0.1, 0.15) is 5.78 Å². The van der Waals surface area contributed by atoms with Crippen LogP contribution in [0.1, 0.15) is 39.5 Å². The summed E-state index contributed by atoms with van der Waals surface area (Å²) in [5.41, 5.74) is 0. The highest BCUT2D eigenvalue weighted by molar-refractivity contribution is 5.78. The number of rotatable bonds is 5. The van der Waals surface area contributed by atoms with E-state index < -0.39 is 12.6 Å². The standard InChI is InChI=1S/C9H15F3O/c1-7(2)3-4-8(13)5-6-9(10,11)12/h7H,3-6H2,1-2H3. The van der Waals surface area contributed by atoms with E-state index in [0.29, 0.717) is 12.3 Å². The molecular weight excluding hydrogens is 181 g/mol. The molecule has 0 amide bonds. The molecule has 13 heavy (non-hydrogen) atoms. The van der Waals surface area contributed by atoms with Crippen LogP contribution in [0.25, 0.3) is 0 Å². The predicted molar refractivity (Wildman–Crippen MR) is 44.4 cm³/mol. The molecule has 0 aliphatic rings. The van der Waals surface area contributed by atoms with Gasteiger partial charge in [-0.15, -0.1) is 0 Å². The second kappa shape index (κ2) is 5.25. The fraction of sp³-hybridized carbons (Fsp3) is 0.889. The molecule has 0 aromatic carbocycles. The molecule has 0 rings (SSSR count). The lowest BCUT2D eigenvalue weighted by atomic mass is 10.0. The lowest BCUT2D eigenvalue weighted by Gasteiger charge is -2.06. The average molecular weight is 196 g/mol. The Hall–Kier alpha value is -0.540. The molecule has 0 fully saturated rings. The van der Waals surface area contributed by atoms with E-state index in [1.54, 1.807) is 0 Å². The van der Waals surface area contributed by atoms with E-state index in [1.807, 2.05) is 13.8 Å². The van der Waals surface area contributed by atoms with Crippen molar-refractivity contribution >= 4 is 5.78 Å². The number of ketones is 1. The van der Waals surface area contributed by atoms with Gasteiger partial charge in [-0.3, -0.25) is 4.79 Å². The monoisotopic (exact) mass is 196 g/mol. The lowest BCUT2D eigenvalue weighted by molar-refractivity contribution is -0.143. The van der Waals surface area contributed by atoms with E-state index in [4.69, 9.17) is 0 Å². The Morgan fingerprint density at radius 2 is 1.77 bits per heavy atom. The van der Waals surface area contributed by atoms with Gasteiger partial charge in [0.15, 0.2) is 0 Å². The van der Waals surface area contributed by atoms with Gasteiger partial charge in [0, 0.05) is 12.8 Å². The van der Waals surface area contributed by atoms with Crippen molar-refractivity contribution in [3.63, 3.8) is 0 Å². The normalized spacial score (nSPS) is 12.2. The van der Waals surface area contributed by atoms with Crippen molar-refractivity contribution in [2.45, 2.75) is 45.7 Å². The van der Waals surface area contributed by atoms with E-state index in [1.165, 1.54) is 0 Å². The summed E-state index contributed by atoms with van der Waals surface area (Å²) >= 11 is 0. The first-order valence-electron chi connectivity index (χ1n) is 4.39. The molecule has 0 saturated carbocycles. The minimum atomic E-state index is -4.20. The van der Waals surface area contributed by atoms with Crippen molar-refractivity contribution in [1.29, 1.82) is 0 Å². The second-order valence-electron chi connectivity index (χ2n) is 3.59. The van der Waals surface area contributed by atoms with E-state index in [0.717, 1.165) is 0 Å². The summed E-state index contributed by atoms with van der Waals surface area (Å²) in [5.74, 6) is 0.0841. The molecule has 78 valence electrons. The van der Waals surface area contributed by atoms with Crippen LogP contribution in [0.3, 0.4) is 0 Å². The van der Waals surface area contributed by atoms with Gasteiger partial charge in [0.05, 0.1) is 6.42 Å². The fourth-order valence-corrected chi connectivity index (χ4v) is 0.856. The van der Waals surface area contributed by atoms with Gasteiger partial charge in [-0.1, -0.05) is 13.8 Å². The Balaban J connectivity index is 3.53. The number of Topliss-reactive ketones (excluding diaryl/α,β-unsaturated/α-hetero) is 1. The average Bonchev–Trinajstić information content (AvgIpc) is 1.95. The zero-order chi connectivity index (χ0) is 10.5. The highest BCUT2D eigenvalue weighted by atomic mass is 19.4. The molecule has 0 radical (unpaired) electrons. The van der Waals surface area contributed by atoms with Gasteiger partial charge < -0.3 is 0 Å². The summed E-state index contributed by atoms with van der Waals surface area (Å²) in [4.78, 5) is 10.9. The van der Waals surface area contributed by atoms with Crippen molar-refractivity contribution in [3.05, 3.63) is 0 Å². The van der Waals surface area contributed by atoms with E-state index >= 15 is 0 Å². The van der Waals surface area contributed by atoms with Crippen LogP contribution in [0.15, 0.2) is 0 Å². The molecule has 0 aromatic rings. The minimum absolute atomic E-state index is 0.272. The molecule has 0 saturated heterocycles. The number of alkyl halides is 3. The Bertz CT molecular complexity index is 161. The molecule has 0 spiro atoms. The van der Waals surface area contributed by atoms with Crippen LogP contribution < -0.4 is 0 Å². The zero-order valence-corrected chi connectivity index (χ0v) is 7.95. The summed E-state index contributed by atoms with van der Waals surface area (Å²) in [6.07, 6.45) is -4.60. The van der Waals surface area contributed by atoms with Gasteiger partial charge in [-0.05, 0) is 12.3 Å². The predicted octanol–water partition coefficient (Wildman–Crippen LogP) is 3.33. The van der Waals surface area contributed by atoms with E-state index in [9.17, 15) is 18.0 Å². The van der Waals surface area contributed by atoms with Gasteiger partial charge in [0.2, 0.25) is 0 Å². The topological polar surface area (TPSA) is 17.1 Å². The van der Waals surface area contributed by atoms with Crippen molar-refractivity contribution in [2.24, 2.45) is 5.92 Å². The van der Waals surface area contributed by atoms with Crippen LogP contribution in [-0.2, 0) is 4.79 Å². The van der Waals surface area contributed by atoms with E-state index in [-0.39, 0.29) is 18.6 Å². The highest BCUT2D eigenvalue weighted by Crippen LogP contribution is 2.22. The molecule has 0 aromatic heterocycles. The molecule has 0 aliphatic carbocycles. The number of carbonyl (C=O) groups is 1. The largest absolute Gasteiger partial charge is 0.389 e. The summed E-state index contributed by atoms with van der Waals surface area (Å²) < 4.78 is 35.0. The van der Waals surface area contributed by atoms with Crippen LogP contribution in [0.2, 0.25) is 0 Å². The maximum absolute atomic E-state index is 11.7. The smallest absolute Gasteiger partial charge is 0.300 e. The first kappa shape index (κ1) is 12.5. The third-order valence-electron chi connectivity index (χ3n) is 1.69. The summed E-state index contributed by atoms with van der Waals surface area (Å²) in [5, 5.41) is 0. The number of hydrogen-bond donors (Lipinski definition) is 0. The molecule has 1 nitrogen and oxygen atoms in total.